The molecule has 1 aromatic heterocycles. The zero-order valence-electron chi connectivity index (χ0n) is 13.9. The molecule has 0 amide bonds. The van der Waals surface area contributed by atoms with Crippen LogP contribution in [0.1, 0.15) is 30.8 Å². The van der Waals surface area contributed by atoms with Crippen LogP contribution in [0.15, 0.2) is 53.3 Å². The summed E-state index contributed by atoms with van der Waals surface area (Å²) in [6.45, 7) is 1.81. The fraction of sp³-hybridized carbons (Fsp3) is 0.222. The number of hydrogen-bond acceptors (Lipinski definition) is 4. The number of halogens is 3. The molecule has 1 atom stereocenters. The van der Waals surface area contributed by atoms with Gasteiger partial charge in [0, 0.05) is 0 Å². The summed E-state index contributed by atoms with van der Waals surface area (Å²) in [6.07, 6.45) is -4.20. The monoisotopic (exact) mass is 362 g/mol. The van der Waals surface area contributed by atoms with E-state index in [4.69, 9.17) is 5.73 Å². The largest absolute Gasteiger partial charge is 0.417 e. The molecule has 0 unspecified atom stereocenters. The zero-order chi connectivity index (χ0) is 18.9. The molecule has 0 aliphatic heterocycles. The van der Waals surface area contributed by atoms with Crippen LogP contribution >= 0.6 is 0 Å². The van der Waals surface area contributed by atoms with Crippen LogP contribution in [0.25, 0.3) is 10.9 Å². The third-order valence-corrected chi connectivity index (χ3v) is 4.02. The first-order valence-electron chi connectivity index (χ1n) is 8.03. The molecule has 0 spiro atoms. The summed E-state index contributed by atoms with van der Waals surface area (Å²) in [5, 5.41) is -0.490. The highest BCUT2D eigenvalue weighted by Crippen LogP contribution is 2.33. The second-order valence-corrected chi connectivity index (χ2v) is 5.80. The molecule has 0 aliphatic carbocycles. The third kappa shape index (κ3) is 3.28. The fourth-order valence-corrected chi connectivity index (χ4v) is 2.66. The van der Waals surface area contributed by atoms with Crippen molar-refractivity contribution in [2.24, 2.45) is 5.73 Å². The fourth-order valence-electron chi connectivity index (χ4n) is 2.66. The molecule has 8 heteroatoms. The Balaban J connectivity index is 2.32. The molecule has 26 heavy (non-hydrogen) atoms. The van der Waals surface area contributed by atoms with E-state index >= 15 is 0 Å². The number of alkyl halides is 3. The standard InChI is InChI=1S/C18H17F3N4O/c1-2-13(22)16-23-14-10-6-9-12(18(19,20)21)15(14)17(26)25(16)24-11-7-4-3-5-8-11/h3-10,13,24H,2,22H2,1H3/t13-/m0/s1. The minimum Gasteiger partial charge on any atom is -0.321 e. The highest BCUT2D eigenvalue weighted by atomic mass is 19.4. The Kier molecular flexibility index (Phi) is 4.69. The van der Waals surface area contributed by atoms with Crippen LogP contribution in [0.3, 0.4) is 0 Å². The number of para-hydroxylation sites is 1. The lowest BCUT2D eigenvalue weighted by Gasteiger charge is -2.20. The number of benzene rings is 2. The Morgan fingerprint density at radius 2 is 1.85 bits per heavy atom. The van der Waals surface area contributed by atoms with Crippen molar-refractivity contribution in [3.8, 4) is 0 Å². The van der Waals surface area contributed by atoms with Crippen LogP contribution in [0.5, 0.6) is 0 Å². The van der Waals surface area contributed by atoms with Gasteiger partial charge in [-0.2, -0.15) is 13.2 Å². The van der Waals surface area contributed by atoms with Crippen molar-refractivity contribution >= 4 is 16.6 Å². The zero-order valence-corrected chi connectivity index (χ0v) is 13.9. The first-order valence-corrected chi connectivity index (χ1v) is 8.03. The van der Waals surface area contributed by atoms with Crippen LogP contribution < -0.4 is 16.7 Å². The maximum absolute atomic E-state index is 13.4. The van der Waals surface area contributed by atoms with Gasteiger partial charge in [0.1, 0.15) is 5.82 Å². The highest BCUT2D eigenvalue weighted by Gasteiger charge is 2.34. The van der Waals surface area contributed by atoms with Crippen LogP contribution in [-0.4, -0.2) is 9.66 Å². The van der Waals surface area contributed by atoms with Crippen LogP contribution in [-0.2, 0) is 6.18 Å². The smallest absolute Gasteiger partial charge is 0.321 e. The third-order valence-electron chi connectivity index (χ3n) is 4.02. The summed E-state index contributed by atoms with van der Waals surface area (Å²) in [6, 6.07) is 11.5. The van der Waals surface area contributed by atoms with Crippen molar-refractivity contribution in [3.63, 3.8) is 0 Å². The van der Waals surface area contributed by atoms with E-state index in [1.807, 2.05) is 0 Å². The predicted molar refractivity (Wildman–Crippen MR) is 93.7 cm³/mol. The number of nitrogens with zero attached hydrogens (tertiary/aromatic N) is 2. The quantitative estimate of drug-likeness (QED) is 0.742. The van der Waals surface area contributed by atoms with Gasteiger partial charge in [0.2, 0.25) is 0 Å². The van der Waals surface area contributed by atoms with Gasteiger partial charge < -0.3 is 5.73 Å². The molecule has 0 fully saturated rings. The number of anilines is 1. The van der Waals surface area contributed by atoms with Gasteiger partial charge >= 0.3 is 6.18 Å². The Morgan fingerprint density at radius 3 is 2.46 bits per heavy atom. The van der Waals surface area contributed by atoms with Crippen LogP contribution in [0.2, 0.25) is 0 Å². The average Bonchev–Trinajstić information content (AvgIpc) is 2.62. The van der Waals surface area contributed by atoms with Gasteiger partial charge in [0.05, 0.1) is 28.2 Å². The average molecular weight is 362 g/mol. The van der Waals surface area contributed by atoms with E-state index < -0.39 is 28.7 Å². The first kappa shape index (κ1) is 17.9. The van der Waals surface area contributed by atoms with Crippen molar-refractivity contribution in [2.75, 3.05) is 5.43 Å². The number of fused-ring (bicyclic) bond motifs is 1. The number of aromatic nitrogens is 2. The molecular formula is C18H17F3N4O. The van der Waals surface area contributed by atoms with Crippen molar-refractivity contribution in [1.82, 2.24) is 9.66 Å². The molecule has 0 aliphatic rings. The topological polar surface area (TPSA) is 72.9 Å². The van der Waals surface area contributed by atoms with Gasteiger partial charge in [-0.15, -0.1) is 0 Å². The van der Waals surface area contributed by atoms with Gasteiger partial charge in [-0.05, 0) is 30.7 Å². The maximum Gasteiger partial charge on any atom is 0.417 e. The van der Waals surface area contributed by atoms with Gasteiger partial charge in [-0.25, -0.2) is 9.66 Å². The molecule has 3 N–H and O–H groups in total. The molecule has 1 heterocycles. The molecule has 3 rings (SSSR count). The molecule has 3 aromatic rings. The van der Waals surface area contributed by atoms with Gasteiger partial charge in [-0.3, -0.25) is 10.2 Å². The maximum atomic E-state index is 13.4. The predicted octanol–water partition coefficient (Wildman–Crippen LogP) is 3.70. The molecule has 0 saturated heterocycles. The number of rotatable bonds is 4. The number of hydrogen-bond donors (Lipinski definition) is 2. The molecule has 5 nitrogen and oxygen atoms in total. The van der Waals surface area contributed by atoms with Crippen molar-refractivity contribution in [2.45, 2.75) is 25.6 Å². The number of nitrogens with two attached hydrogens (primary N) is 1. The molecule has 0 bridgehead atoms. The van der Waals surface area contributed by atoms with E-state index in [-0.39, 0.29) is 11.3 Å². The van der Waals surface area contributed by atoms with Crippen LogP contribution in [0, 0.1) is 0 Å². The lowest BCUT2D eigenvalue weighted by molar-refractivity contribution is -0.136. The Hall–Kier alpha value is -2.87. The first-order chi connectivity index (χ1) is 12.3. The van der Waals surface area contributed by atoms with Crippen LogP contribution in [0.4, 0.5) is 18.9 Å². The molecule has 136 valence electrons. The van der Waals surface area contributed by atoms with Gasteiger partial charge in [0.25, 0.3) is 5.56 Å². The number of nitrogens with one attached hydrogen (secondary N) is 1. The highest BCUT2D eigenvalue weighted by molar-refractivity contribution is 5.82. The second-order valence-electron chi connectivity index (χ2n) is 5.80. The van der Waals surface area contributed by atoms with E-state index in [9.17, 15) is 18.0 Å². The molecule has 2 aromatic carbocycles. The van der Waals surface area contributed by atoms with Crippen molar-refractivity contribution in [3.05, 3.63) is 70.3 Å². The van der Waals surface area contributed by atoms with Crippen molar-refractivity contribution in [1.29, 1.82) is 0 Å². The lowest BCUT2D eigenvalue weighted by atomic mass is 10.1. The molecule has 0 saturated carbocycles. The minimum atomic E-state index is -4.67. The minimum absolute atomic E-state index is 0.0326. The van der Waals surface area contributed by atoms with Gasteiger partial charge in [-0.1, -0.05) is 31.2 Å². The van der Waals surface area contributed by atoms with Crippen molar-refractivity contribution < 1.29 is 13.2 Å². The molecule has 0 radical (unpaired) electrons. The van der Waals surface area contributed by atoms with E-state index in [0.717, 1.165) is 10.7 Å². The lowest BCUT2D eigenvalue weighted by Crippen LogP contribution is -2.34. The summed E-state index contributed by atoms with van der Waals surface area (Å²) in [4.78, 5) is 17.2. The summed E-state index contributed by atoms with van der Waals surface area (Å²) in [5.74, 6) is 0.174. The summed E-state index contributed by atoms with van der Waals surface area (Å²) in [5.41, 5.74) is 7.51. The Bertz CT molecular complexity index is 983. The van der Waals surface area contributed by atoms with E-state index in [1.165, 1.54) is 12.1 Å². The SMILES string of the molecule is CC[C@H](N)c1nc2cccc(C(F)(F)F)c2c(=O)n1Nc1ccccc1. The normalized spacial score (nSPS) is 13.0. The van der Waals surface area contributed by atoms with E-state index in [2.05, 4.69) is 10.4 Å². The summed E-state index contributed by atoms with van der Waals surface area (Å²) in [7, 11) is 0. The molecular weight excluding hydrogens is 345 g/mol. The van der Waals surface area contributed by atoms with E-state index in [1.54, 1.807) is 37.3 Å². The Labute approximate surface area is 147 Å². The Morgan fingerprint density at radius 1 is 1.15 bits per heavy atom. The van der Waals surface area contributed by atoms with E-state index in [0.29, 0.717) is 12.1 Å². The summed E-state index contributed by atoms with van der Waals surface area (Å²) >= 11 is 0. The van der Waals surface area contributed by atoms with Gasteiger partial charge in [0.15, 0.2) is 0 Å². The summed E-state index contributed by atoms with van der Waals surface area (Å²) < 4.78 is 41.1. The second kappa shape index (κ2) is 6.80.